The zero-order valence-corrected chi connectivity index (χ0v) is 15.9. The molecule has 1 aliphatic rings. The molecule has 1 fully saturated rings. The van der Waals surface area contributed by atoms with Crippen molar-refractivity contribution in [2.75, 3.05) is 7.11 Å². The van der Waals surface area contributed by atoms with Gasteiger partial charge in [0.2, 0.25) is 0 Å². The maximum atomic E-state index is 12.9. The number of ether oxygens (including phenoxy) is 1. The third-order valence-electron chi connectivity index (χ3n) is 4.05. The van der Waals surface area contributed by atoms with Gasteiger partial charge in [-0.1, -0.05) is 18.2 Å². The van der Waals surface area contributed by atoms with Crippen molar-refractivity contribution in [3.05, 3.63) is 52.2 Å². The number of hydrogen-bond donors (Lipinski definition) is 3. The number of carbonyl (C=O) groups excluding carboxylic acids is 2. The van der Waals surface area contributed by atoms with E-state index in [9.17, 15) is 9.59 Å². The van der Waals surface area contributed by atoms with Crippen molar-refractivity contribution in [3.8, 4) is 5.75 Å². The Balaban J connectivity index is 1.70. The first-order chi connectivity index (χ1) is 12.4. The number of benzene rings is 1. The summed E-state index contributed by atoms with van der Waals surface area (Å²) in [7, 11) is 1.54. The van der Waals surface area contributed by atoms with E-state index >= 15 is 0 Å². The summed E-state index contributed by atoms with van der Waals surface area (Å²) in [6, 6.07) is 10.4. The molecule has 0 radical (unpaired) electrons. The number of carbonyl (C=O) groups is 2. The number of methoxy groups -OCH3 is 1. The molecule has 0 aliphatic carbocycles. The van der Waals surface area contributed by atoms with E-state index in [1.807, 2.05) is 17.5 Å². The summed E-state index contributed by atoms with van der Waals surface area (Å²) in [5.41, 5.74) is 2.08. The molecule has 2 heterocycles. The highest BCUT2D eigenvalue weighted by Gasteiger charge is 2.49. The number of imide groups is 1. The Morgan fingerprint density at radius 1 is 1.35 bits per heavy atom. The van der Waals surface area contributed by atoms with Crippen LogP contribution in [0.4, 0.5) is 4.79 Å². The van der Waals surface area contributed by atoms with Gasteiger partial charge >= 0.3 is 6.03 Å². The molecule has 1 atom stereocenters. The van der Waals surface area contributed by atoms with E-state index in [1.54, 1.807) is 49.6 Å². The first-order valence-electron chi connectivity index (χ1n) is 7.82. The maximum absolute atomic E-state index is 12.9. The molecule has 3 amide bonds. The van der Waals surface area contributed by atoms with Crippen molar-refractivity contribution in [2.45, 2.75) is 19.0 Å². The van der Waals surface area contributed by atoms with Gasteiger partial charge in [0.25, 0.3) is 5.91 Å². The second kappa shape index (κ2) is 7.30. The van der Waals surface area contributed by atoms with Crippen LogP contribution >= 0.6 is 23.6 Å². The third-order valence-corrected chi connectivity index (χ3v) is 5.17. The number of amides is 3. The van der Waals surface area contributed by atoms with Crippen molar-refractivity contribution in [2.24, 2.45) is 0 Å². The first-order valence-corrected chi connectivity index (χ1v) is 9.11. The van der Waals surface area contributed by atoms with E-state index in [0.29, 0.717) is 17.9 Å². The summed E-state index contributed by atoms with van der Waals surface area (Å²) >= 11 is 6.78. The lowest BCUT2D eigenvalue weighted by atomic mass is 9.92. The van der Waals surface area contributed by atoms with Gasteiger partial charge in [0.15, 0.2) is 5.11 Å². The monoisotopic (exact) mass is 390 g/mol. The molecule has 9 heteroatoms. The molecule has 0 bridgehead atoms. The molecular weight excluding hydrogens is 372 g/mol. The molecule has 1 aliphatic heterocycles. The van der Waals surface area contributed by atoms with Gasteiger partial charge in [-0.15, -0.1) is 11.3 Å². The lowest BCUT2D eigenvalue weighted by Gasteiger charge is -2.23. The van der Waals surface area contributed by atoms with Crippen LogP contribution in [-0.2, 0) is 16.9 Å². The molecule has 2 aromatic rings. The largest absolute Gasteiger partial charge is 0.497 e. The standard InChI is InChI=1S/C17H18N4O3S2/c1-17(11-5-3-6-12(9-11)24-2)14(22)21(16(23)19-17)20-15(25)18-10-13-7-4-8-26-13/h3-9H,10H2,1-2H3,(H,19,23)(H2,18,20,25)/t17-/m1/s1. The summed E-state index contributed by atoms with van der Waals surface area (Å²) < 4.78 is 5.20. The third kappa shape index (κ3) is 3.49. The number of thiophene rings is 1. The van der Waals surface area contributed by atoms with Crippen LogP contribution in [0.2, 0.25) is 0 Å². The van der Waals surface area contributed by atoms with Gasteiger partial charge in [0, 0.05) is 4.88 Å². The number of nitrogens with zero attached hydrogens (tertiary/aromatic N) is 1. The Hall–Kier alpha value is -2.65. The Labute approximate surface area is 160 Å². The molecule has 0 unspecified atom stereocenters. The molecule has 1 aromatic carbocycles. The van der Waals surface area contributed by atoms with E-state index in [2.05, 4.69) is 16.1 Å². The van der Waals surface area contributed by atoms with Crippen LogP contribution < -0.4 is 20.8 Å². The van der Waals surface area contributed by atoms with Crippen LogP contribution in [0.3, 0.4) is 0 Å². The molecular formula is C17H18N4O3S2. The van der Waals surface area contributed by atoms with Crippen molar-refractivity contribution in [1.82, 2.24) is 21.1 Å². The predicted octanol–water partition coefficient (Wildman–Crippen LogP) is 2.10. The second-order valence-corrected chi connectivity index (χ2v) is 7.24. The fourth-order valence-corrected chi connectivity index (χ4v) is 3.40. The summed E-state index contributed by atoms with van der Waals surface area (Å²) in [5, 5.41) is 8.73. The van der Waals surface area contributed by atoms with E-state index in [0.717, 1.165) is 9.89 Å². The first kappa shape index (κ1) is 18.2. The zero-order valence-electron chi connectivity index (χ0n) is 14.2. The molecule has 7 nitrogen and oxygen atoms in total. The van der Waals surface area contributed by atoms with Crippen LogP contribution in [0, 0.1) is 0 Å². The minimum Gasteiger partial charge on any atom is -0.497 e. The Morgan fingerprint density at radius 2 is 2.15 bits per heavy atom. The molecule has 136 valence electrons. The highest BCUT2D eigenvalue weighted by Crippen LogP contribution is 2.30. The topological polar surface area (TPSA) is 82.7 Å². The summed E-state index contributed by atoms with van der Waals surface area (Å²) in [6.07, 6.45) is 0. The normalized spacial score (nSPS) is 19.2. The van der Waals surface area contributed by atoms with Crippen molar-refractivity contribution in [3.63, 3.8) is 0 Å². The predicted molar refractivity (Wildman–Crippen MR) is 103 cm³/mol. The van der Waals surface area contributed by atoms with Gasteiger partial charge in [0.1, 0.15) is 11.3 Å². The molecule has 26 heavy (non-hydrogen) atoms. The Morgan fingerprint density at radius 3 is 2.85 bits per heavy atom. The Bertz CT molecular complexity index is 840. The van der Waals surface area contributed by atoms with Crippen molar-refractivity contribution >= 4 is 40.6 Å². The number of nitrogens with one attached hydrogen (secondary N) is 3. The number of rotatable bonds is 5. The summed E-state index contributed by atoms with van der Waals surface area (Å²) in [4.78, 5) is 26.3. The molecule has 3 rings (SSSR count). The quantitative estimate of drug-likeness (QED) is 0.536. The van der Waals surface area contributed by atoms with Crippen LogP contribution in [0.5, 0.6) is 5.75 Å². The van der Waals surface area contributed by atoms with Gasteiger partial charge in [-0.25, -0.2) is 4.79 Å². The number of thiocarbonyl (C=S) groups is 1. The average molecular weight is 390 g/mol. The average Bonchev–Trinajstić information content (AvgIpc) is 3.23. The van der Waals surface area contributed by atoms with Crippen LogP contribution in [0.25, 0.3) is 0 Å². The van der Waals surface area contributed by atoms with E-state index in [4.69, 9.17) is 17.0 Å². The van der Waals surface area contributed by atoms with Gasteiger partial charge in [-0.2, -0.15) is 5.01 Å². The smallest absolute Gasteiger partial charge is 0.344 e. The molecule has 1 aromatic heterocycles. The van der Waals surface area contributed by atoms with Gasteiger partial charge in [0.05, 0.1) is 13.7 Å². The summed E-state index contributed by atoms with van der Waals surface area (Å²) in [6.45, 7) is 2.16. The highest BCUT2D eigenvalue weighted by molar-refractivity contribution is 7.80. The highest BCUT2D eigenvalue weighted by atomic mass is 32.1. The SMILES string of the molecule is COc1cccc([C@@]2(C)NC(=O)N(NC(=S)NCc3cccs3)C2=O)c1. The van der Waals surface area contributed by atoms with Crippen molar-refractivity contribution < 1.29 is 14.3 Å². The molecule has 0 saturated carbocycles. The second-order valence-electron chi connectivity index (χ2n) is 5.80. The number of hydrazine groups is 1. The Kier molecular flexibility index (Phi) is 5.10. The van der Waals surface area contributed by atoms with Gasteiger partial charge < -0.3 is 15.4 Å². The molecule has 0 spiro atoms. The zero-order chi connectivity index (χ0) is 18.7. The van der Waals surface area contributed by atoms with Crippen LogP contribution in [0.15, 0.2) is 41.8 Å². The maximum Gasteiger partial charge on any atom is 0.344 e. The minimum atomic E-state index is -1.21. The van der Waals surface area contributed by atoms with Crippen LogP contribution in [0.1, 0.15) is 17.4 Å². The van der Waals surface area contributed by atoms with E-state index < -0.39 is 17.5 Å². The molecule has 1 saturated heterocycles. The van der Waals surface area contributed by atoms with Crippen LogP contribution in [-0.4, -0.2) is 29.2 Å². The van der Waals surface area contributed by atoms with E-state index in [-0.39, 0.29) is 5.11 Å². The van der Waals surface area contributed by atoms with Gasteiger partial charge in [-0.3, -0.25) is 10.2 Å². The fraction of sp³-hybridized carbons (Fsp3) is 0.235. The number of urea groups is 1. The van der Waals surface area contributed by atoms with Gasteiger partial charge in [-0.05, 0) is 48.3 Å². The lowest BCUT2D eigenvalue weighted by molar-refractivity contribution is -0.132. The summed E-state index contributed by atoms with van der Waals surface area (Å²) in [5.74, 6) is 0.154. The van der Waals surface area contributed by atoms with E-state index in [1.165, 1.54) is 0 Å². The lowest BCUT2D eigenvalue weighted by Crippen LogP contribution is -2.51. The minimum absolute atomic E-state index is 0.191. The van der Waals surface area contributed by atoms with Crippen molar-refractivity contribution in [1.29, 1.82) is 0 Å². The number of hydrogen-bond acceptors (Lipinski definition) is 5. The molecule has 3 N–H and O–H groups in total. The fourth-order valence-electron chi connectivity index (χ4n) is 2.59.